The summed E-state index contributed by atoms with van der Waals surface area (Å²) in [4.78, 5) is 16.0. The van der Waals surface area contributed by atoms with Crippen LogP contribution in [-0.4, -0.2) is 162 Å². The van der Waals surface area contributed by atoms with Crippen LogP contribution in [0.25, 0.3) is 0 Å². The van der Waals surface area contributed by atoms with E-state index in [2.05, 4.69) is 0 Å². The van der Waals surface area contributed by atoms with Gasteiger partial charge in [-0.3, -0.25) is 4.79 Å². The predicted molar refractivity (Wildman–Crippen MR) is 113 cm³/mol. The van der Waals surface area contributed by atoms with Crippen molar-refractivity contribution < 1.29 is 79.6 Å². The van der Waals surface area contributed by atoms with Crippen molar-refractivity contribution in [3.8, 4) is 0 Å². The van der Waals surface area contributed by atoms with Gasteiger partial charge in [-0.05, 0) is 0 Å². The van der Waals surface area contributed by atoms with Crippen molar-refractivity contribution in [1.82, 2.24) is 5.48 Å². The lowest BCUT2D eigenvalue weighted by Gasteiger charge is -2.55. The molecule has 0 aromatic heterocycles. The van der Waals surface area contributed by atoms with Gasteiger partial charge in [-0.2, -0.15) is 0 Å². The summed E-state index contributed by atoms with van der Waals surface area (Å²) in [6.45, 7) is -1.38. The van der Waals surface area contributed by atoms with Crippen LogP contribution in [0, 0.1) is 0 Å². The summed E-state index contributed by atoms with van der Waals surface area (Å²) in [5.41, 5.74) is -0.896. The highest BCUT2D eigenvalue weighted by Crippen LogP contribution is 2.40. The molecule has 3 saturated heterocycles. The second-order valence-corrected chi connectivity index (χ2v) is 9.22. The summed E-state index contributed by atoms with van der Waals surface area (Å²) < 4.78 is 21.7. The van der Waals surface area contributed by atoms with E-state index >= 15 is 0 Å². The summed E-state index contributed by atoms with van der Waals surface area (Å²) in [6.07, 6.45) is -23.1. The largest absolute Gasteiger partial charge is 0.394 e. The molecule has 3 aliphatic rings. The molecule has 17 nitrogen and oxygen atoms in total. The topological polar surface area (TPSA) is 278 Å². The van der Waals surface area contributed by atoms with E-state index in [0.717, 1.165) is 0 Å². The molecule has 0 bridgehead atoms. The zero-order chi connectivity index (χ0) is 27.7. The van der Waals surface area contributed by atoms with Crippen LogP contribution in [0.1, 0.15) is 13.3 Å². The Morgan fingerprint density at radius 3 is 2.05 bits per heavy atom. The highest BCUT2D eigenvalue weighted by molar-refractivity contribution is 5.71. The summed E-state index contributed by atoms with van der Waals surface area (Å²) in [7, 11) is 0. The minimum atomic E-state index is -2.92. The van der Waals surface area contributed by atoms with Gasteiger partial charge >= 0.3 is 0 Å². The predicted octanol–water partition coefficient (Wildman–Crippen LogP) is -7.08. The van der Waals surface area contributed by atoms with E-state index in [1.807, 2.05) is 5.48 Å². The van der Waals surface area contributed by atoms with Gasteiger partial charge in [-0.1, -0.05) is 0 Å². The van der Waals surface area contributed by atoms with Gasteiger partial charge in [0.05, 0.1) is 25.9 Å². The van der Waals surface area contributed by atoms with Crippen LogP contribution in [0.3, 0.4) is 0 Å². The molecule has 1 amide bonds. The fraction of sp³-hybridized carbons (Fsp3) is 0.950. The molecule has 0 aliphatic carbocycles. The van der Waals surface area contributed by atoms with Crippen LogP contribution in [0.15, 0.2) is 0 Å². The lowest BCUT2D eigenvalue weighted by atomic mass is 9.74. The number of aliphatic hydroxyl groups is 10. The first-order chi connectivity index (χ1) is 17.4. The van der Waals surface area contributed by atoms with E-state index in [1.165, 1.54) is 6.92 Å². The number of ether oxygens (including phenoxy) is 4. The number of rotatable bonds is 8. The average Bonchev–Trinajstić information content (AvgIpc) is 2.87. The first-order valence-electron chi connectivity index (χ1n) is 11.6. The Bertz CT molecular complexity index is 760. The third-order valence-electron chi connectivity index (χ3n) is 6.71. The quantitative estimate of drug-likeness (QED) is 0.126. The highest BCUT2D eigenvalue weighted by Gasteiger charge is 2.65. The van der Waals surface area contributed by atoms with E-state index < -0.39 is 111 Å². The fourth-order valence-electron chi connectivity index (χ4n) is 4.69. The molecule has 0 radical (unpaired) electrons. The van der Waals surface area contributed by atoms with Gasteiger partial charge in [-0.25, -0.2) is 10.3 Å². The SMILES string of the molecule is CC(=O)NO[C@@H]1C[C@@H](O)[C@H](O[C@@H]2O[C@H](CO)[C@H](O)[C@@](O)([C@@H]3O[C@H](CO)[C@H](O)[C@H](O)[C@H]3O)[C@H]2O)[C@@H](CO)O1. The lowest BCUT2D eigenvalue weighted by molar-refractivity contribution is -0.390. The molecule has 0 unspecified atom stereocenters. The van der Waals surface area contributed by atoms with Gasteiger partial charge in [0.15, 0.2) is 18.2 Å². The molecule has 216 valence electrons. The molecule has 3 aliphatic heterocycles. The van der Waals surface area contributed by atoms with Gasteiger partial charge in [0.25, 0.3) is 0 Å². The second kappa shape index (κ2) is 12.4. The standard InChI is InChI=1S/C20H35NO16/c1-6(25)21-37-11-2-7(26)15(9(4-23)33-11)36-19-17(31)20(32,16(30)10(5-24)35-19)18-14(29)13(28)12(27)8(3-22)34-18/h7-19,22-24,26-32H,2-5H2,1H3,(H,21,25)/t7-,8-,9-,10-,11-,12+,13+,14-,15+,16+,17+,18-,19+,20+/m1/s1. The number of nitrogens with one attached hydrogen (secondary N) is 1. The van der Waals surface area contributed by atoms with Crippen LogP contribution < -0.4 is 5.48 Å². The average molecular weight is 545 g/mol. The number of aliphatic hydroxyl groups excluding tert-OH is 9. The van der Waals surface area contributed by atoms with Gasteiger partial charge < -0.3 is 70.0 Å². The molecule has 3 rings (SSSR count). The summed E-state index contributed by atoms with van der Waals surface area (Å²) in [6, 6.07) is 0. The van der Waals surface area contributed by atoms with Crippen molar-refractivity contribution in [2.24, 2.45) is 0 Å². The number of carbonyl (C=O) groups is 1. The van der Waals surface area contributed by atoms with Gasteiger partial charge in [0.1, 0.15) is 61.0 Å². The van der Waals surface area contributed by atoms with Crippen molar-refractivity contribution in [2.45, 2.75) is 98.7 Å². The Kier molecular flexibility index (Phi) is 10.2. The molecular formula is C20H35NO16. The fourth-order valence-corrected chi connectivity index (χ4v) is 4.69. The van der Waals surface area contributed by atoms with E-state index in [1.54, 1.807) is 0 Å². The first kappa shape index (κ1) is 30.4. The van der Waals surface area contributed by atoms with Crippen LogP contribution in [0.4, 0.5) is 0 Å². The Morgan fingerprint density at radius 2 is 1.49 bits per heavy atom. The zero-order valence-electron chi connectivity index (χ0n) is 19.8. The van der Waals surface area contributed by atoms with Gasteiger partial charge in [0, 0.05) is 13.3 Å². The number of hydrogen-bond donors (Lipinski definition) is 11. The molecule has 0 saturated carbocycles. The maximum Gasteiger partial charge on any atom is 0.240 e. The zero-order valence-corrected chi connectivity index (χ0v) is 19.8. The highest BCUT2D eigenvalue weighted by atomic mass is 16.8. The molecule has 0 spiro atoms. The molecular weight excluding hydrogens is 510 g/mol. The summed E-state index contributed by atoms with van der Waals surface area (Å²) >= 11 is 0. The maximum atomic E-state index is 11.4. The molecule has 11 N–H and O–H groups in total. The Labute approximate surface area is 210 Å². The Hall–Kier alpha value is -1.13. The van der Waals surface area contributed by atoms with E-state index in [9.17, 15) is 55.9 Å². The first-order valence-corrected chi connectivity index (χ1v) is 11.6. The third-order valence-corrected chi connectivity index (χ3v) is 6.71. The van der Waals surface area contributed by atoms with Crippen molar-refractivity contribution >= 4 is 5.91 Å². The normalized spacial score (nSPS) is 49.0. The minimum absolute atomic E-state index is 0.284. The van der Waals surface area contributed by atoms with Gasteiger partial charge in [-0.15, -0.1) is 0 Å². The van der Waals surface area contributed by atoms with Gasteiger partial charge in [0.2, 0.25) is 5.91 Å². The number of carbonyl (C=O) groups excluding carboxylic acids is 1. The minimum Gasteiger partial charge on any atom is -0.394 e. The molecule has 17 heteroatoms. The molecule has 3 fully saturated rings. The Balaban J connectivity index is 1.84. The van der Waals surface area contributed by atoms with Crippen LogP contribution in [0.2, 0.25) is 0 Å². The van der Waals surface area contributed by atoms with Crippen LogP contribution in [0.5, 0.6) is 0 Å². The maximum absolute atomic E-state index is 11.4. The van der Waals surface area contributed by atoms with Crippen molar-refractivity contribution in [3.05, 3.63) is 0 Å². The number of hydrogen-bond acceptors (Lipinski definition) is 16. The van der Waals surface area contributed by atoms with Crippen LogP contribution >= 0.6 is 0 Å². The van der Waals surface area contributed by atoms with Crippen molar-refractivity contribution in [2.75, 3.05) is 19.8 Å². The van der Waals surface area contributed by atoms with Crippen molar-refractivity contribution in [3.63, 3.8) is 0 Å². The molecule has 3 heterocycles. The summed E-state index contributed by atoms with van der Waals surface area (Å²) in [5.74, 6) is -0.558. The van der Waals surface area contributed by atoms with E-state index in [0.29, 0.717) is 0 Å². The van der Waals surface area contributed by atoms with E-state index in [4.69, 9.17) is 23.8 Å². The molecule has 0 aromatic carbocycles. The monoisotopic (exact) mass is 545 g/mol. The summed E-state index contributed by atoms with van der Waals surface area (Å²) in [5, 5.41) is 103. The van der Waals surface area contributed by atoms with Crippen LogP contribution in [-0.2, 0) is 28.6 Å². The smallest absolute Gasteiger partial charge is 0.240 e. The molecule has 37 heavy (non-hydrogen) atoms. The van der Waals surface area contributed by atoms with Crippen molar-refractivity contribution in [1.29, 1.82) is 0 Å². The number of amides is 1. The molecule has 0 aromatic rings. The Morgan fingerprint density at radius 1 is 0.865 bits per heavy atom. The third kappa shape index (κ3) is 5.91. The molecule has 14 atom stereocenters. The second-order valence-electron chi connectivity index (χ2n) is 9.22. The van der Waals surface area contributed by atoms with E-state index in [-0.39, 0.29) is 6.42 Å². The number of hydroxylamine groups is 1. The lowest BCUT2D eigenvalue weighted by Crippen LogP contribution is -2.77.